The van der Waals surface area contributed by atoms with Crippen LogP contribution in [0.3, 0.4) is 0 Å². The SMILES string of the molecule is O=NN1C(c2ccccc2)CC1c1ccccc1. The van der Waals surface area contributed by atoms with Gasteiger partial charge in [-0.1, -0.05) is 60.7 Å². The average molecular weight is 238 g/mol. The Bertz CT molecular complexity index is 481. The van der Waals surface area contributed by atoms with Gasteiger partial charge in [0.05, 0.1) is 17.4 Å². The van der Waals surface area contributed by atoms with Gasteiger partial charge < -0.3 is 0 Å². The molecule has 1 fully saturated rings. The fourth-order valence-corrected chi connectivity index (χ4v) is 2.55. The smallest absolute Gasteiger partial charge is 0.0782 e. The Balaban J connectivity index is 1.82. The maximum atomic E-state index is 11.0. The van der Waals surface area contributed by atoms with Crippen LogP contribution in [0.25, 0.3) is 0 Å². The lowest BCUT2D eigenvalue weighted by atomic mass is 9.85. The van der Waals surface area contributed by atoms with Gasteiger partial charge in [0.15, 0.2) is 0 Å². The number of nitroso groups, excluding NO2 is 1. The Morgan fingerprint density at radius 2 is 1.28 bits per heavy atom. The molecule has 0 bridgehead atoms. The first-order chi connectivity index (χ1) is 8.90. The first kappa shape index (κ1) is 11.0. The van der Waals surface area contributed by atoms with Crippen molar-refractivity contribution >= 4 is 0 Å². The molecule has 2 unspecified atom stereocenters. The molecule has 2 aromatic carbocycles. The summed E-state index contributed by atoms with van der Waals surface area (Å²) in [6.45, 7) is 0. The molecule has 0 radical (unpaired) electrons. The van der Waals surface area contributed by atoms with E-state index in [2.05, 4.69) is 5.29 Å². The van der Waals surface area contributed by atoms with Gasteiger partial charge in [-0.3, -0.25) is 0 Å². The standard InChI is InChI=1S/C15H14N2O/c18-16-17-14(12-7-3-1-4-8-12)11-15(17)13-9-5-2-6-10-13/h1-10,14-15H,11H2. The molecule has 18 heavy (non-hydrogen) atoms. The van der Waals surface area contributed by atoms with Crippen molar-refractivity contribution in [2.24, 2.45) is 5.29 Å². The molecule has 1 aliphatic rings. The fourth-order valence-electron chi connectivity index (χ4n) is 2.55. The van der Waals surface area contributed by atoms with E-state index in [1.54, 1.807) is 5.01 Å². The lowest BCUT2D eigenvalue weighted by molar-refractivity contribution is 0.0126. The van der Waals surface area contributed by atoms with E-state index in [9.17, 15) is 4.91 Å². The lowest BCUT2D eigenvalue weighted by Crippen LogP contribution is -2.39. The summed E-state index contributed by atoms with van der Waals surface area (Å²) in [4.78, 5) is 11.0. The largest absolute Gasteiger partial charge is 0.246 e. The maximum absolute atomic E-state index is 11.0. The quantitative estimate of drug-likeness (QED) is 0.761. The van der Waals surface area contributed by atoms with Crippen LogP contribution in [0.15, 0.2) is 65.9 Å². The zero-order chi connectivity index (χ0) is 12.4. The molecule has 2 atom stereocenters. The second-order valence-corrected chi connectivity index (χ2v) is 4.55. The highest BCUT2D eigenvalue weighted by Gasteiger charge is 2.40. The van der Waals surface area contributed by atoms with Crippen molar-refractivity contribution in [3.63, 3.8) is 0 Å². The second kappa shape index (κ2) is 4.61. The van der Waals surface area contributed by atoms with E-state index in [1.807, 2.05) is 60.7 Å². The molecule has 1 saturated heterocycles. The van der Waals surface area contributed by atoms with Crippen LogP contribution in [0.5, 0.6) is 0 Å². The monoisotopic (exact) mass is 238 g/mol. The zero-order valence-corrected chi connectivity index (χ0v) is 9.94. The van der Waals surface area contributed by atoms with Gasteiger partial charge in [-0.25, -0.2) is 5.01 Å². The van der Waals surface area contributed by atoms with Crippen LogP contribution in [0.1, 0.15) is 29.6 Å². The van der Waals surface area contributed by atoms with Crippen molar-refractivity contribution in [2.75, 3.05) is 0 Å². The van der Waals surface area contributed by atoms with Gasteiger partial charge in [0.25, 0.3) is 0 Å². The van der Waals surface area contributed by atoms with Crippen molar-refractivity contribution in [1.29, 1.82) is 0 Å². The molecule has 1 aliphatic heterocycles. The van der Waals surface area contributed by atoms with Crippen LogP contribution in [-0.2, 0) is 0 Å². The predicted octanol–water partition coefficient (Wildman–Crippen LogP) is 3.86. The zero-order valence-electron chi connectivity index (χ0n) is 9.94. The summed E-state index contributed by atoms with van der Waals surface area (Å²) in [6.07, 6.45) is 0.944. The Hall–Kier alpha value is -2.16. The molecule has 3 heteroatoms. The molecular weight excluding hydrogens is 224 g/mol. The van der Waals surface area contributed by atoms with Crippen LogP contribution in [0.4, 0.5) is 0 Å². The normalized spacial score (nSPS) is 22.3. The van der Waals surface area contributed by atoms with E-state index < -0.39 is 0 Å². The summed E-state index contributed by atoms with van der Waals surface area (Å²) < 4.78 is 0. The highest BCUT2D eigenvalue weighted by molar-refractivity contribution is 5.27. The molecule has 0 saturated carbocycles. The van der Waals surface area contributed by atoms with Gasteiger partial charge in [0.1, 0.15) is 0 Å². The molecule has 1 heterocycles. The van der Waals surface area contributed by atoms with Crippen LogP contribution in [-0.4, -0.2) is 5.01 Å². The Kier molecular flexibility index (Phi) is 2.81. The summed E-state index contributed by atoms with van der Waals surface area (Å²) in [5, 5.41) is 4.85. The molecule has 0 aliphatic carbocycles. The van der Waals surface area contributed by atoms with E-state index in [0.717, 1.165) is 17.5 Å². The maximum Gasteiger partial charge on any atom is 0.0782 e. The average Bonchev–Trinajstić information content (AvgIpc) is 2.41. The van der Waals surface area contributed by atoms with Crippen LogP contribution >= 0.6 is 0 Å². The van der Waals surface area contributed by atoms with Gasteiger partial charge >= 0.3 is 0 Å². The second-order valence-electron chi connectivity index (χ2n) is 4.55. The minimum atomic E-state index is 0.119. The minimum absolute atomic E-state index is 0.119. The Morgan fingerprint density at radius 1 is 0.833 bits per heavy atom. The molecule has 0 aromatic heterocycles. The van der Waals surface area contributed by atoms with Crippen molar-refractivity contribution in [3.8, 4) is 0 Å². The van der Waals surface area contributed by atoms with E-state index in [1.165, 1.54) is 0 Å². The van der Waals surface area contributed by atoms with Crippen molar-refractivity contribution in [3.05, 3.63) is 76.7 Å². The first-order valence-corrected chi connectivity index (χ1v) is 6.11. The van der Waals surface area contributed by atoms with E-state index >= 15 is 0 Å². The van der Waals surface area contributed by atoms with Gasteiger partial charge in [0, 0.05) is 0 Å². The fraction of sp³-hybridized carbons (Fsp3) is 0.200. The summed E-state index contributed by atoms with van der Waals surface area (Å²) in [5.41, 5.74) is 2.31. The van der Waals surface area contributed by atoms with Crippen LogP contribution in [0, 0.1) is 4.91 Å². The molecule has 3 nitrogen and oxygen atoms in total. The highest BCUT2D eigenvalue weighted by atomic mass is 16.3. The molecular formula is C15H14N2O. The highest BCUT2D eigenvalue weighted by Crippen LogP contribution is 2.47. The van der Waals surface area contributed by atoms with Crippen LogP contribution < -0.4 is 0 Å². The first-order valence-electron chi connectivity index (χ1n) is 6.11. The van der Waals surface area contributed by atoms with E-state index in [-0.39, 0.29) is 12.1 Å². The number of benzene rings is 2. The number of hydrogen-bond acceptors (Lipinski definition) is 2. The van der Waals surface area contributed by atoms with E-state index in [0.29, 0.717) is 0 Å². The number of rotatable bonds is 3. The van der Waals surface area contributed by atoms with Crippen molar-refractivity contribution < 1.29 is 0 Å². The summed E-state index contributed by atoms with van der Waals surface area (Å²) in [7, 11) is 0. The lowest BCUT2D eigenvalue weighted by Gasteiger charge is -2.44. The Morgan fingerprint density at radius 3 is 1.67 bits per heavy atom. The topological polar surface area (TPSA) is 32.7 Å². The molecule has 2 aromatic rings. The number of hydrogen-bond donors (Lipinski definition) is 0. The third-order valence-electron chi connectivity index (χ3n) is 3.55. The summed E-state index contributed by atoms with van der Waals surface area (Å²) in [6, 6.07) is 20.4. The van der Waals surface area contributed by atoms with Crippen molar-refractivity contribution in [1.82, 2.24) is 5.01 Å². The third kappa shape index (κ3) is 1.78. The predicted molar refractivity (Wildman–Crippen MR) is 70.6 cm³/mol. The van der Waals surface area contributed by atoms with E-state index in [4.69, 9.17) is 0 Å². The third-order valence-corrected chi connectivity index (χ3v) is 3.55. The van der Waals surface area contributed by atoms with Gasteiger partial charge in [-0.2, -0.15) is 0 Å². The van der Waals surface area contributed by atoms with Gasteiger partial charge in [0.2, 0.25) is 0 Å². The summed E-state index contributed by atoms with van der Waals surface area (Å²) >= 11 is 0. The molecule has 0 amide bonds. The molecule has 90 valence electrons. The Labute approximate surface area is 106 Å². The van der Waals surface area contributed by atoms with Gasteiger partial charge in [-0.15, -0.1) is 4.91 Å². The minimum Gasteiger partial charge on any atom is -0.246 e. The molecule has 0 spiro atoms. The van der Waals surface area contributed by atoms with Crippen molar-refractivity contribution in [2.45, 2.75) is 18.5 Å². The summed E-state index contributed by atoms with van der Waals surface area (Å²) in [5.74, 6) is 0. The molecule has 0 N–H and O–H groups in total. The van der Waals surface area contributed by atoms with Gasteiger partial charge in [-0.05, 0) is 17.5 Å². The molecule has 3 rings (SSSR count). The van der Waals surface area contributed by atoms with Crippen LogP contribution in [0.2, 0.25) is 0 Å². The number of nitrogens with zero attached hydrogens (tertiary/aromatic N) is 2.